The Hall–Kier alpha value is -0.940. The number of likely N-dealkylation sites (tertiary alicyclic amines) is 1. The SMILES string of the molecule is c1ccc(COCOCN2CCC3CCCNCC32)cc1. The molecule has 116 valence electrons. The van der Waals surface area contributed by atoms with Crippen LogP contribution in [0.5, 0.6) is 0 Å². The third-order valence-electron chi connectivity index (χ3n) is 4.62. The van der Waals surface area contributed by atoms with E-state index in [1.165, 1.54) is 31.4 Å². The van der Waals surface area contributed by atoms with Crippen molar-refractivity contribution in [3.8, 4) is 0 Å². The van der Waals surface area contributed by atoms with Gasteiger partial charge in [0.25, 0.3) is 0 Å². The second kappa shape index (κ2) is 7.90. The van der Waals surface area contributed by atoms with Crippen LogP contribution in [0.2, 0.25) is 0 Å². The van der Waals surface area contributed by atoms with E-state index in [1.54, 1.807) is 0 Å². The molecule has 2 saturated heterocycles. The Balaban J connectivity index is 1.34. The van der Waals surface area contributed by atoms with Crippen LogP contribution in [-0.4, -0.2) is 44.1 Å². The maximum Gasteiger partial charge on any atom is 0.148 e. The summed E-state index contributed by atoms with van der Waals surface area (Å²) in [5.74, 6) is 0.855. The molecule has 1 aromatic carbocycles. The molecule has 4 nitrogen and oxygen atoms in total. The molecule has 1 aromatic rings. The molecular weight excluding hydrogens is 264 g/mol. The summed E-state index contributed by atoms with van der Waals surface area (Å²) in [6, 6.07) is 10.9. The molecular formula is C17H26N2O2. The summed E-state index contributed by atoms with van der Waals surface area (Å²) in [5, 5.41) is 3.54. The molecule has 2 unspecified atom stereocenters. The van der Waals surface area contributed by atoms with E-state index >= 15 is 0 Å². The van der Waals surface area contributed by atoms with Crippen molar-refractivity contribution in [2.24, 2.45) is 5.92 Å². The van der Waals surface area contributed by atoms with Gasteiger partial charge in [0.05, 0.1) is 6.61 Å². The first-order chi connectivity index (χ1) is 10.4. The highest BCUT2D eigenvalue weighted by Gasteiger charge is 2.34. The zero-order valence-electron chi connectivity index (χ0n) is 12.7. The fourth-order valence-electron chi connectivity index (χ4n) is 3.47. The minimum absolute atomic E-state index is 0.371. The molecule has 0 aliphatic carbocycles. The Bertz CT molecular complexity index is 413. The number of benzene rings is 1. The van der Waals surface area contributed by atoms with Crippen molar-refractivity contribution >= 4 is 0 Å². The van der Waals surface area contributed by atoms with Gasteiger partial charge in [-0.15, -0.1) is 0 Å². The summed E-state index contributed by atoms with van der Waals surface area (Å²) in [6.45, 7) is 5.12. The van der Waals surface area contributed by atoms with E-state index in [1.807, 2.05) is 18.2 Å². The van der Waals surface area contributed by atoms with Crippen LogP contribution in [0, 0.1) is 5.92 Å². The number of fused-ring (bicyclic) bond motifs is 1. The van der Waals surface area contributed by atoms with Crippen molar-refractivity contribution in [3.63, 3.8) is 0 Å². The third kappa shape index (κ3) is 4.27. The van der Waals surface area contributed by atoms with E-state index in [2.05, 4.69) is 22.3 Å². The first kappa shape index (κ1) is 15.0. The summed E-state index contributed by atoms with van der Waals surface area (Å²) in [7, 11) is 0. The fourth-order valence-corrected chi connectivity index (χ4v) is 3.47. The smallest absolute Gasteiger partial charge is 0.148 e. The maximum absolute atomic E-state index is 5.71. The minimum Gasteiger partial charge on any atom is -0.351 e. The number of hydrogen-bond donors (Lipinski definition) is 1. The van der Waals surface area contributed by atoms with Gasteiger partial charge in [0.1, 0.15) is 13.5 Å². The van der Waals surface area contributed by atoms with Crippen molar-refractivity contribution in [1.29, 1.82) is 0 Å². The first-order valence-electron chi connectivity index (χ1n) is 8.07. The zero-order chi connectivity index (χ0) is 14.3. The summed E-state index contributed by atoms with van der Waals surface area (Å²) in [4.78, 5) is 2.47. The summed E-state index contributed by atoms with van der Waals surface area (Å²) < 4.78 is 11.3. The number of hydrogen-bond acceptors (Lipinski definition) is 4. The van der Waals surface area contributed by atoms with Gasteiger partial charge in [-0.3, -0.25) is 4.90 Å². The molecule has 1 N–H and O–H groups in total. The predicted octanol–water partition coefficient (Wildman–Crippen LogP) is 2.21. The van der Waals surface area contributed by atoms with Crippen LogP contribution in [0.4, 0.5) is 0 Å². The van der Waals surface area contributed by atoms with Crippen LogP contribution in [0.3, 0.4) is 0 Å². The Labute approximate surface area is 127 Å². The molecule has 2 aliphatic heterocycles. The van der Waals surface area contributed by atoms with Gasteiger partial charge in [0.2, 0.25) is 0 Å². The van der Waals surface area contributed by atoms with Gasteiger partial charge in [0, 0.05) is 19.1 Å². The lowest BCUT2D eigenvalue weighted by atomic mass is 9.96. The number of rotatable bonds is 6. The quantitative estimate of drug-likeness (QED) is 0.643. The van der Waals surface area contributed by atoms with E-state index in [4.69, 9.17) is 9.47 Å². The van der Waals surface area contributed by atoms with Gasteiger partial charge in [0.15, 0.2) is 0 Å². The summed E-state index contributed by atoms with van der Waals surface area (Å²) in [6.07, 6.45) is 4.00. The topological polar surface area (TPSA) is 33.7 Å². The lowest BCUT2D eigenvalue weighted by molar-refractivity contribution is -0.0988. The zero-order valence-corrected chi connectivity index (χ0v) is 12.7. The van der Waals surface area contributed by atoms with Crippen LogP contribution in [-0.2, 0) is 16.1 Å². The highest BCUT2D eigenvalue weighted by molar-refractivity contribution is 5.13. The third-order valence-corrected chi connectivity index (χ3v) is 4.62. The second-order valence-corrected chi connectivity index (χ2v) is 6.06. The van der Waals surface area contributed by atoms with Crippen molar-refractivity contribution in [3.05, 3.63) is 35.9 Å². The van der Waals surface area contributed by atoms with Crippen molar-refractivity contribution in [2.75, 3.05) is 33.2 Å². The summed E-state index contributed by atoms with van der Waals surface area (Å²) in [5.41, 5.74) is 1.19. The fraction of sp³-hybridized carbons (Fsp3) is 0.647. The molecule has 0 saturated carbocycles. The van der Waals surface area contributed by atoms with Crippen LogP contribution in [0.25, 0.3) is 0 Å². The van der Waals surface area contributed by atoms with E-state index in [0.717, 1.165) is 19.0 Å². The largest absolute Gasteiger partial charge is 0.351 e. The van der Waals surface area contributed by atoms with Crippen LogP contribution >= 0.6 is 0 Å². The molecule has 0 amide bonds. The number of ether oxygens (including phenoxy) is 2. The van der Waals surface area contributed by atoms with Crippen molar-refractivity contribution in [2.45, 2.75) is 31.9 Å². The van der Waals surface area contributed by atoms with Gasteiger partial charge in [-0.25, -0.2) is 0 Å². The molecule has 2 aliphatic rings. The monoisotopic (exact) mass is 290 g/mol. The highest BCUT2D eigenvalue weighted by atomic mass is 16.7. The number of nitrogens with zero attached hydrogens (tertiary/aromatic N) is 1. The van der Waals surface area contributed by atoms with E-state index in [9.17, 15) is 0 Å². The van der Waals surface area contributed by atoms with Crippen molar-refractivity contribution in [1.82, 2.24) is 10.2 Å². The van der Waals surface area contributed by atoms with Crippen LogP contribution in [0.1, 0.15) is 24.8 Å². The Kier molecular flexibility index (Phi) is 5.63. The molecule has 2 atom stereocenters. The molecule has 0 radical (unpaired) electrons. The molecule has 0 bridgehead atoms. The van der Waals surface area contributed by atoms with Crippen LogP contribution < -0.4 is 5.32 Å². The van der Waals surface area contributed by atoms with Gasteiger partial charge in [-0.05, 0) is 37.3 Å². The molecule has 4 heteroatoms. The van der Waals surface area contributed by atoms with E-state index in [0.29, 0.717) is 26.2 Å². The Morgan fingerprint density at radius 2 is 2.05 bits per heavy atom. The van der Waals surface area contributed by atoms with Gasteiger partial charge < -0.3 is 14.8 Å². The highest BCUT2D eigenvalue weighted by Crippen LogP contribution is 2.29. The first-order valence-corrected chi connectivity index (χ1v) is 8.07. The molecule has 3 rings (SSSR count). The van der Waals surface area contributed by atoms with Gasteiger partial charge >= 0.3 is 0 Å². The van der Waals surface area contributed by atoms with Crippen molar-refractivity contribution < 1.29 is 9.47 Å². The standard InChI is InChI=1S/C17H26N2O2/c1-2-5-15(6-3-1)12-20-14-21-13-19-10-8-16-7-4-9-18-11-17(16)19/h1-3,5-6,16-18H,4,7-14H2. The summed E-state index contributed by atoms with van der Waals surface area (Å²) >= 11 is 0. The molecule has 21 heavy (non-hydrogen) atoms. The lowest BCUT2D eigenvalue weighted by Gasteiger charge is -2.26. The average molecular weight is 290 g/mol. The molecule has 2 heterocycles. The predicted molar refractivity (Wildman–Crippen MR) is 82.8 cm³/mol. The number of nitrogens with one attached hydrogen (secondary N) is 1. The van der Waals surface area contributed by atoms with Crippen LogP contribution in [0.15, 0.2) is 30.3 Å². The molecule has 0 spiro atoms. The van der Waals surface area contributed by atoms with Gasteiger partial charge in [-0.1, -0.05) is 30.3 Å². The lowest BCUT2D eigenvalue weighted by Crippen LogP contribution is -2.40. The maximum atomic E-state index is 5.71. The van der Waals surface area contributed by atoms with Gasteiger partial charge in [-0.2, -0.15) is 0 Å². The normalized spacial score (nSPS) is 26.5. The molecule has 0 aromatic heterocycles. The Morgan fingerprint density at radius 1 is 1.14 bits per heavy atom. The second-order valence-electron chi connectivity index (χ2n) is 6.06. The minimum atomic E-state index is 0.371. The van der Waals surface area contributed by atoms with E-state index in [-0.39, 0.29) is 0 Å². The molecule has 2 fully saturated rings. The Morgan fingerprint density at radius 3 is 2.95 bits per heavy atom. The average Bonchev–Trinajstić information content (AvgIpc) is 2.76. The van der Waals surface area contributed by atoms with E-state index < -0.39 is 0 Å².